The number of hydrogen-bond acceptors (Lipinski definition) is 3. The highest BCUT2D eigenvalue weighted by Crippen LogP contribution is 2.12. The molecule has 0 unspecified atom stereocenters. The van der Waals surface area contributed by atoms with Gasteiger partial charge in [0.2, 0.25) is 0 Å². The third kappa shape index (κ3) is 4.12. The molecule has 2 rings (SSSR count). The predicted octanol–water partition coefficient (Wildman–Crippen LogP) is 2.31. The van der Waals surface area contributed by atoms with Crippen LogP contribution in [0, 0.1) is 5.82 Å². The Morgan fingerprint density at radius 1 is 1.05 bits per heavy atom. The van der Waals surface area contributed by atoms with Crippen LogP contribution < -0.4 is 5.73 Å². The van der Waals surface area contributed by atoms with E-state index in [0.717, 1.165) is 17.7 Å². The van der Waals surface area contributed by atoms with Gasteiger partial charge in [0, 0.05) is 32.0 Å². The van der Waals surface area contributed by atoms with Crippen LogP contribution >= 0.6 is 0 Å². The second-order valence-corrected chi connectivity index (χ2v) is 4.70. The van der Waals surface area contributed by atoms with Crippen molar-refractivity contribution in [1.29, 1.82) is 0 Å². The van der Waals surface area contributed by atoms with Crippen molar-refractivity contribution in [2.24, 2.45) is 5.73 Å². The summed E-state index contributed by atoms with van der Waals surface area (Å²) < 4.78 is 13.4. The average molecular weight is 259 g/mol. The zero-order valence-electron chi connectivity index (χ0n) is 11.0. The van der Waals surface area contributed by atoms with E-state index in [1.165, 1.54) is 11.6 Å². The third-order valence-electron chi connectivity index (χ3n) is 2.91. The minimum atomic E-state index is -0.227. The lowest BCUT2D eigenvalue weighted by Crippen LogP contribution is -2.17. The van der Waals surface area contributed by atoms with Crippen LogP contribution in [0.4, 0.5) is 4.39 Å². The Labute approximate surface area is 112 Å². The fourth-order valence-electron chi connectivity index (χ4n) is 2.09. The van der Waals surface area contributed by atoms with E-state index in [-0.39, 0.29) is 5.82 Å². The van der Waals surface area contributed by atoms with Crippen LogP contribution in [0.5, 0.6) is 0 Å². The number of nitrogens with zero attached hydrogens (tertiary/aromatic N) is 2. The Balaban J connectivity index is 2.02. The number of hydrogen-bond donors (Lipinski definition) is 1. The molecule has 0 spiro atoms. The van der Waals surface area contributed by atoms with Crippen LogP contribution in [0.2, 0.25) is 0 Å². The van der Waals surface area contributed by atoms with E-state index < -0.39 is 0 Å². The van der Waals surface area contributed by atoms with E-state index in [9.17, 15) is 4.39 Å². The number of aromatic nitrogens is 1. The molecule has 1 aromatic heterocycles. The molecule has 0 aliphatic rings. The molecule has 2 N–H and O–H groups in total. The van der Waals surface area contributed by atoms with Gasteiger partial charge in [-0.2, -0.15) is 0 Å². The number of nitrogens with two attached hydrogens (primary N) is 1. The number of halogens is 1. The molecule has 0 radical (unpaired) electrons. The number of rotatable bonds is 5. The first kappa shape index (κ1) is 13.6. The van der Waals surface area contributed by atoms with Crippen LogP contribution in [-0.4, -0.2) is 16.9 Å². The standard InChI is InChI=1S/C15H18FN3/c1-19(10-12-2-4-18-5-3-12)11-14-6-13(9-17)7-15(16)8-14/h2-8H,9-11,17H2,1H3. The topological polar surface area (TPSA) is 42.2 Å². The maximum atomic E-state index is 13.4. The molecule has 0 amide bonds. The van der Waals surface area contributed by atoms with Crippen molar-refractivity contribution < 1.29 is 4.39 Å². The van der Waals surface area contributed by atoms with Gasteiger partial charge in [-0.15, -0.1) is 0 Å². The summed E-state index contributed by atoms with van der Waals surface area (Å²) in [5.74, 6) is -0.227. The first-order valence-electron chi connectivity index (χ1n) is 6.23. The van der Waals surface area contributed by atoms with Crippen LogP contribution in [0.3, 0.4) is 0 Å². The summed E-state index contributed by atoms with van der Waals surface area (Å²) in [6.07, 6.45) is 3.55. The van der Waals surface area contributed by atoms with E-state index in [1.54, 1.807) is 18.5 Å². The molecule has 100 valence electrons. The predicted molar refractivity (Wildman–Crippen MR) is 73.7 cm³/mol. The molecule has 3 nitrogen and oxygen atoms in total. The van der Waals surface area contributed by atoms with Crippen LogP contribution in [0.15, 0.2) is 42.7 Å². The second-order valence-electron chi connectivity index (χ2n) is 4.70. The fourth-order valence-corrected chi connectivity index (χ4v) is 2.09. The van der Waals surface area contributed by atoms with Crippen molar-refractivity contribution >= 4 is 0 Å². The van der Waals surface area contributed by atoms with E-state index in [4.69, 9.17) is 5.73 Å². The Bertz CT molecular complexity index is 528. The molecule has 2 aromatic rings. The zero-order valence-corrected chi connectivity index (χ0v) is 11.0. The van der Waals surface area contributed by atoms with Gasteiger partial charge in [0.15, 0.2) is 0 Å². The van der Waals surface area contributed by atoms with Crippen molar-refractivity contribution in [3.05, 3.63) is 65.2 Å². The molecular weight excluding hydrogens is 241 g/mol. The van der Waals surface area contributed by atoms with Gasteiger partial charge in [0.25, 0.3) is 0 Å². The Morgan fingerprint density at radius 2 is 1.68 bits per heavy atom. The lowest BCUT2D eigenvalue weighted by molar-refractivity contribution is 0.318. The van der Waals surface area contributed by atoms with Crippen molar-refractivity contribution in [3.8, 4) is 0 Å². The molecule has 0 aliphatic heterocycles. The number of pyridine rings is 1. The smallest absolute Gasteiger partial charge is 0.123 e. The molecule has 0 fully saturated rings. The van der Waals surface area contributed by atoms with Gasteiger partial charge in [-0.3, -0.25) is 9.88 Å². The normalized spacial score (nSPS) is 10.9. The summed E-state index contributed by atoms with van der Waals surface area (Å²) >= 11 is 0. The summed E-state index contributed by atoms with van der Waals surface area (Å²) in [6, 6.07) is 8.95. The Kier molecular flexibility index (Phi) is 4.60. The van der Waals surface area contributed by atoms with Gasteiger partial charge < -0.3 is 5.73 Å². The van der Waals surface area contributed by atoms with Gasteiger partial charge >= 0.3 is 0 Å². The summed E-state index contributed by atoms with van der Waals surface area (Å²) in [5.41, 5.74) is 8.51. The third-order valence-corrected chi connectivity index (χ3v) is 2.91. The SMILES string of the molecule is CN(Cc1ccncc1)Cc1cc(F)cc(CN)c1. The average Bonchev–Trinajstić information content (AvgIpc) is 2.38. The van der Waals surface area contributed by atoms with Crippen molar-refractivity contribution in [3.63, 3.8) is 0 Å². The molecule has 0 atom stereocenters. The fraction of sp³-hybridized carbons (Fsp3) is 0.267. The van der Waals surface area contributed by atoms with Crippen LogP contribution in [-0.2, 0) is 19.6 Å². The lowest BCUT2D eigenvalue weighted by Gasteiger charge is -2.17. The van der Waals surface area contributed by atoms with Crippen molar-refractivity contribution in [1.82, 2.24) is 9.88 Å². The molecule has 0 saturated carbocycles. The first-order chi connectivity index (χ1) is 9.17. The van der Waals surface area contributed by atoms with Gasteiger partial charge in [-0.25, -0.2) is 4.39 Å². The summed E-state index contributed by atoms with van der Waals surface area (Å²) in [6.45, 7) is 1.85. The van der Waals surface area contributed by atoms with Gasteiger partial charge in [0.1, 0.15) is 5.82 Å². The highest BCUT2D eigenvalue weighted by atomic mass is 19.1. The first-order valence-corrected chi connectivity index (χ1v) is 6.23. The Hall–Kier alpha value is -1.78. The largest absolute Gasteiger partial charge is 0.326 e. The number of benzene rings is 1. The van der Waals surface area contributed by atoms with Crippen molar-refractivity contribution in [2.45, 2.75) is 19.6 Å². The van der Waals surface area contributed by atoms with E-state index in [0.29, 0.717) is 13.1 Å². The highest BCUT2D eigenvalue weighted by Gasteiger charge is 2.04. The molecule has 0 saturated heterocycles. The molecule has 0 aliphatic carbocycles. The maximum Gasteiger partial charge on any atom is 0.123 e. The van der Waals surface area contributed by atoms with Crippen LogP contribution in [0.1, 0.15) is 16.7 Å². The van der Waals surface area contributed by atoms with Gasteiger partial charge in [0.05, 0.1) is 0 Å². The van der Waals surface area contributed by atoms with Gasteiger partial charge in [-0.1, -0.05) is 6.07 Å². The molecule has 19 heavy (non-hydrogen) atoms. The van der Waals surface area contributed by atoms with Crippen molar-refractivity contribution in [2.75, 3.05) is 7.05 Å². The van der Waals surface area contributed by atoms with E-state index in [2.05, 4.69) is 9.88 Å². The summed E-state index contributed by atoms with van der Waals surface area (Å²) in [4.78, 5) is 6.12. The minimum absolute atomic E-state index is 0.227. The molecule has 1 heterocycles. The summed E-state index contributed by atoms with van der Waals surface area (Å²) in [5, 5.41) is 0. The second kappa shape index (κ2) is 6.41. The quantitative estimate of drug-likeness (QED) is 0.896. The minimum Gasteiger partial charge on any atom is -0.326 e. The Morgan fingerprint density at radius 3 is 2.37 bits per heavy atom. The van der Waals surface area contributed by atoms with Crippen LogP contribution in [0.25, 0.3) is 0 Å². The summed E-state index contributed by atoms with van der Waals surface area (Å²) in [7, 11) is 2.01. The molecular formula is C15H18FN3. The molecule has 0 bridgehead atoms. The van der Waals surface area contributed by atoms with E-state index >= 15 is 0 Å². The van der Waals surface area contributed by atoms with Gasteiger partial charge in [-0.05, 0) is 48.0 Å². The molecule has 1 aromatic carbocycles. The maximum absolute atomic E-state index is 13.4. The lowest BCUT2D eigenvalue weighted by atomic mass is 10.1. The zero-order chi connectivity index (χ0) is 13.7. The highest BCUT2D eigenvalue weighted by molar-refractivity contribution is 5.24. The monoisotopic (exact) mass is 259 g/mol. The van der Waals surface area contributed by atoms with E-state index in [1.807, 2.05) is 25.2 Å². The molecule has 4 heteroatoms.